The van der Waals surface area contributed by atoms with E-state index in [-0.39, 0.29) is 16.6 Å². The van der Waals surface area contributed by atoms with Crippen molar-refractivity contribution in [2.75, 3.05) is 18.4 Å². The molecular formula is C17H18ClN3O3. The lowest BCUT2D eigenvalue weighted by molar-refractivity contribution is -0.607. The average molecular weight is 348 g/mol. The molecule has 24 heavy (non-hydrogen) atoms. The lowest BCUT2D eigenvalue weighted by Gasteiger charge is -2.19. The number of hydrogen-bond donors (Lipinski definition) is 1. The number of carbonyl (C=O) groups is 2. The first-order valence-corrected chi connectivity index (χ1v) is 7.94. The fourth-order valence-electron chi connectivity index (χ4n) is 2.25. The zero-order valence-electron chi connectivity index (χ0n) is 13.5. The molecule has 0 spiro atoms. The molecule has 126 valence electrons. The summed E-state index contributed by atoms with van der Waals surface area (Å²) in [4.78, 5) is 26.1. The van der Waals surface area contributed by atoms with Crippen LogP contribution in [0.5, 0.6) is 0 Å². The van der Waals surface area contributed by atoms with Gasteiger partial charge in [0.1, 0.15) is 0 Å². The smallest absolute Gasteiger partial charge is 0.321 e. The molecule has 2 aromatic rings. The Morgan fingerprint density at radius 1 is 1.21 bits per heavy atom. The molecule has 0 radical (unpaired) electrons. The molecule has 0 atom stereocenters. The molecule has 0 aliphatic heterocycles. The maximum absolute atomic E-state index is 12.3. The van der Waals surface area contributed by atoms with Crippen LogP contribution in [-0.4, -0.2) is 29.8 Å². The van der Waals surface area contributed by atoms with Crippen LogP contribution in [0, 0.1) is 5.21 Å². The van der Waals surface area contributed by atoms with Gasteiger partial charge in [-0.1, -0.05) is 11.6 Å². The van der Waals surface area contributed by atoms with Crippen LogP contribution in [0.25, 0.3) is 0 Å². The molecule has 0 fully saturated rings. The Balaban J connectivity index is 2.20. The average Bonchev–Trinajstić information content (AvgIpc) is 2.56. The third-order valence-corrected chi connectivity index (χ3v) is 3.88. The SMILES string of the molecule is CCN(CC)C(=O)c1ccc(NC(=O)c2cccc[n+]2[O-])cc1Cl. The Hall–Kier alpha value is -2.60. The van der Waals surface area contributed by atoms with Gasteiger partial charge in [-0.3, -0.25) is 9.59 Å². The normalized spacial score (nSPS) is 10.3. The maximum atomic E-state index is 12.3. The number of rotatable bonds is 5. The van der Waals surface area contributed by atoms with Gasteiger partial charge in [-0.25, -0.2) is 0 Å². The molecule has 0 bridgehead atoms. The van der Waals surface area contributed by atoms with Gasteiger partial charge >= 0.3 is 5.91 Å². The number of benzene rings is 1. The van der Waals surface area contributed by atoms with Gasteiger partial charge in [-0.05, 0) is 38.1 Å². The van der Waals surface area contributed by atoms with E-state index in [1.54, 1.807) is 23.1 Å². The van der Waals surface area contributed by atoms with E-state index in [1.807, 2.05) is 13.8 Å². The first kappa shape index (κ1) is 17.7. The summed E-state index contributed by atoms with van der Waals surface area (Å²) < 4.78 is 0.481. The van der Waals surface area contributed by atoms with Crippen LogP contribution in [-0.2, 0) is 0 Å². The van der Waals surface area contributed by atoms with Gasteiger partial charge in [0.15, 0.2) is 6.20 Å². The van der Waals surface area contributed by atoms with Crippen LogP contribution in [0.2, 0.25) is 5.02 Å². The Morgan fingerprint density at radius 3 is 2.50 bits per heavy atom. The van der Waals surface area contributed by atoms with Gasteiger partial charge in [0, 0.05) is 30.9 Å². The first-order valence-electron chi connectivity index (χ1n) is 7.56. The number of nitrogens with zero attached hydrogens (tertiary/aromatic N) is 2. The van der Waals surface area contributed by atoms with E-state index in [1.165, 1.54) is 24.4 Å². The second kappa shape index (κ2) is 7.79. The van der Waals surface area contributed by atoms with E-state index in [0.29, 0.717) is 29.1 Å². The Bertz CT molecular complexity index is 760. The van der Waals surface area contributed by atoms with Crippen molar-refractivity contribution in [2.24, 2.45) is 0 Å². The maximum Gasteiger partial charge on any atom is 0.321 e. The molecule has 7 heteroatoms. The van der Waals surface area contributed by atoms with Crippen LogP contribution in [0.3, 0.4) is 0 Å². The van der Waals surface area contributed by atoms with Crippen molar-refractivity contribution in [2.45, 2.75) is 13.8 Å². The van der Waals surface area contributed by atoms with Crippen LogP contribution in [0.4, 0.5) is 5.69 Å². The summed E-state index contributed by atoms with van der Waals surface area (Å²) >= 11 is 6.18. The second-order valence-corrected chi connectivity index (χ2v) is 5.45. The Kier molecular flexibility index (Phi) is 5.76. The molecule has 2 rings (SSSR count). The van der Waals surface area contributed by atoms with E-state index in [2.05, 4.69) is 5.32 Å². The number of carbonyl (C=O) groups excluding carboxylic acids is 2. The molecular weight excluding hydrogens is 330 g/mol. The highest BCUT2D eigenvalue weighted by atomic mass is 35.5. The fourth-order valence-corrected chi connectivity index (χ4v) is 2.51. The zero-order chi connectivity index (χ0) is 17.7. The number of amides is 2. The van der Waals surface area contributed by atoms with Crippen LogP contribution in [0.15, 0.2) is 42.6 Å². The first-order chi connectivity index (χ1) is 11.5. The minimum Gasteiger partial charge on any atom is -0.618 e. The molecule has 1 heterocycles. The van der Waals surface area contributed by atoms with Crippen molar-refractivity contribution in [1.29, 1.82) is 0 Å². The summed E-state index contributed by atoms with van der Waals surface area (Å²) in [5, 5.41) is 14.4. The van der Waals surface area contributed by atoms with Crippen molar-refractivity contribution in [3.8, 4) is 0 Å². The third-order valence-electron chi connectivity index (χ3n) is 3.56. The largest absolute Gasteiger partial charge is 0.618 e. The van der Waals surface area contributed by atoms with Gasteiger partial charge in [0.2, 0.25) is 0 Å². The minimum absolute atomic E-state index is 0.0306. The van der Waals surface area contributed by atoms with Crippen LogP contribution >= 0.6 is 11.6 Å². The van der Waals surface area contributed by atoms with E-state index in [4.69, 9.17) is 11.6 Å². The number of nitrogens with one attached hydrogen (secondary N) is 1. The van der Waals surface area contributed by atoms with Gasteiger partial charge in [0.05, 0.1) is 10.6 Å². The predicted octanol–water partition coefficient (Wildman–Crippen LogP) is 2.71. The third kappa shape index (κ3) is 3.83. The molecule has 0 aliphatic rings. The van der Waals surface area contributed by atoms with E-state index in [0.717, 1.165) is 0 Å². The fraction of sp³-hybridized carbons (Fsp3) is 0.235. The van der Waals surface area contributed by atoms with Crippen LogP contribution in [0.1, 0.15) is 34.7 Å². The molecule has 1 aromatic heterocycles. The van der Waals surface area contributed by atoms with Crippen molar-refractivity contribution in [3.05, 3.63) is 64.1 Å². The van der Waals surface area contributed by atoms with Gasteiger partial charge in [-0.2, -0.15) is 4.73 Å². The van der Waals surface area contributed by atoms with Gasteiger partial charge in [0.25, 0.3) is 11.6 Å². The summed E-state index contributed by atoms with van der Waals surface area (Å²) in [6.45, 7) is 4.95. The molecule has 0 aliphatic carbocycles. The monoisotopic (exact) mass is 347 g/mol. The molecule has 6 nitrogen and oxygen atoms in total. The lowest BCUT2D eigenvalue weighted by Crippen LogP contribution is -2.36. The topological polar surface area (TPSA) is 76.4 Å². The molecule has 0 unspecified atom stereocenters. The summed E-state index contributed by atoms with van der Waals surface area (Å²) in [5.74, 6) is -0.715. The second-order valence-electron chi connectivity index (χ2n) is 5.04. The lowest BCUT2D eigenvalue weighted by atomic mass is 10.1. The van der Waals surface area contributed by atoms with Gasteiger partial charge < -0.3 is 15.4 Å². The highest BCUT2D eigenvalue weighted by Gasteiger charge is 2.18. The van der Waals surface area contributed by atoms with Crippen molar-refractivity contribution in [1.82, 2.24) is 4.90 Å². The van der Waals surface area contributed by atoms with Gasteiger partial charge in [-0.15, -0.1) is 0 Å². The number of halogens is 1. The van der Waals surface area contributed by atoms with Crippen molar-refractivity contribution in [3.63, 3.8) is 0 Å². The van der Waals surface area contributed by atoms with Crippen LogP contribution < -0.4 is 10.0 Å². The number of aromatic nitrogens is 1. The van der Waals surface area contributed by atoms with E-state index < -0.39 is 5.91 Å². The highest BCUT2D eigenvalue weighted by molar-refractivity contribution is 6.34. The zero-order valence-corrected chi connectivity index (χ0v) is 14.2. The standard InChI is InChI=1S/C17H18ClN3O3/c1-3-20(4-2)17(23)13-9-8-12(11-14(13)18)19-16(22)15-7-5-6-10-21(15)24/h5-11H,3-4H2,1-2H3,(H,19,22). The number of pyridine rings is 1. The van der Waals surface area contributed by atoms with Crippen molar-refractivity contribution >= 4 is 29.1 Å². The summed E-state index contributed by atoms with van der Waals surface area (Å²) in [6.07, 6.45) is 1.24. The van der Waals surface area contributed by atoms with Crippen molar-refractivity contribution < 1.29 is 14.3 Å². The molecule has 1 aromatic carbocycles. The Morgan fingerprint density at radius 2 is 1.92 bits per heavy atom. The molecule has 2 amide bonds. The number of hydrogen-bond acceptors (Lipinski definition) is 3. The Labute approximate surface area is 145 Å². The summed E-state index contributed by atoms with van der Waals surface area (Å²) in [6, 6.07) is 9.19. The molecule has 0 saturated carbocycles. The minimum atomic E-state index is -0.551. The predicted molar refractivity (Wildman–Crippen MR) is 92.1 cm³/mol. The summed E-state index contributed by atoms with van der Waals surface area (Å²) in [7, 11) is 0. The quantitative estimate of drug-likeness (QED) is 0.667. The highest BCUT2D eigenvalue weighted by Crippen LogP contribution is 2.22. The number of anilines is 1. The van der Waals surface area contributed by atoms with E-state index in [9.17, 15) is 14.8 Å². The van der Waals surface area contributed by atoms with E-state index >= 15 is 0 Å². The molecule has 0 saturated heterocycles. The molecule has 1 N–H and O–H groups in total. The summed E-state index contributed by atoms with van der Waals surface area (Å²) in [5.41, 5.74) is 0.749.